The first kappa shape index (κ1) is 14.0. The molecule has 0 aliphatic rings. The number of nitrogens with zero attached hydrogens (tertiary/aromatic N) is 1. The van der Waals surface area contributed by atoms with Gasteiger partial charge in [0, 0.05) is 11.9 Å². The van der Waals surface area contributed by atoms with Crippen molar-refractivity contribution in [3.05, 3.63) is 21.3 Å². The predicted molar refractivity (Wildman–Crippen MR) is 73.4 cm³/mol. The summed E-state index contributed by atoms with van der Waals surface area (Å²) in [6.45, 7) is 4.66. The first-order valence-corrected chi connectivity index (χ1v) is 7.16. The number of hydrogen-bond donors (Lipinski definition) is 0. The molecule has 0 bridgehead atoms. The fraction of sp³-hybridized carbons (Fsp3) is 0.545. The molecule has 1 heterocycles. The molecule has 1 aromatic rings. The molecule has 1 aromatic heterocycles. The van der Waals surface area contributed by atoms with Crippen molar-refractivity contribution >= 4 is 44.8 Å². The van der Waals surface area contributed by atoms with Crippen LogP contribution in [0.4, 0.5) is 0 Å². The molecule has 0 aliphatic heterocycles. The van der Waals surface area contributed by atoms with Crippen LogP contribution in [0, 0.1) is 5.92 Å². The summed E-state index contributed by atoms with van der Waals surface area (Å²) in [5.41, 5.74) is 0. The van der Waals surface area contributed by atoms with Crippen molar-refractivity contribution < 1.29 is 4.79 Å². The van der Waals surface area contributed by atoms with E-state index in [1.165, 1.54) is 11.3 Å². The Morgan fingerprint density at radius 1 is 1.56 bits per heavy atom. The molecule has 1 amide bonds. The predicted octanol–water partition coefficient (Wildman–Crippen LogP) is 3.78. The first-order valence-electron chi connectivity index (χ1n) is 5.05. The number of thiophene rings is 1. The second kappa shape index (κ2) is 6.03. The number of carbonyl (C=O) groups is 1. The minimum atomic E-state index is -0.118. The molecule has 16 heavy (non-hydrogen) atoms. The van der Waals surface area contributed by atoms with Crippen LogP contribution in [0.5, 0.6) is 0 Å². The molecular formula is C11H15BrClNOS. The minimum absolute atomic E-state index is 0.111. The van der Waals surface area contributed by atoms with E-state index in [1.54, 1.807) is 4.90 Å². The smallest absolute Gasteiger partial charge is 0.236 e. The lowest BCUT2D eigenvalue weighted by Crippen LogP contribution is -2.35. The van der Waals surface area contributed by atoms with Crippen molar-refractivity contribution in [3.63, 3.8) is 0 Å². The molecule has 0 saturated carbocycles. The zero-order valence-electron chi connectivity index (χ0n) is 9.54. The monoisotopic (exact) mass is 323 g/mol. The Morgan fingerprint density at radius 2 is 2.19 bits per heavy atom. The van der Waals surface area contributed by atoms with Crippen LogP contribution >= 0.6 is 38.9 Å². The molecular weight excluding hydrogens is 310 g/mol. The summed E-state index contributed by atoms with van der Waals surface area (Å²) >= 11 is 10.8. The average Bonchev–Trinajstić information content (AvgIpc) is 2.61. The Bertz CT molecular complexity index is 367. The molecule has 2 nitrogen and oxygen atoms in total. The lowest BCUT2D eigenvalue weighted by Gasteiger charge is -2.21. The van der Waals surface area contributed by atoms with Crippen molar-refractivity contribution in [1.82, 2.24) is 4.90 Å². The second-order valence-electron chi connectivity index (χ2n) is 4.05. The van der Waals surface area contributed by atoms with E-state index < -0.39 is 0 Å². The number of hydrogen-bond acceptors (Lipinski definition) is 2. The number of rotatable bonds is 4. The summed E-state index contributed by atoms with van der Waals surface area (Å²) < 4.78 is 0.759. The summed E-state index contributed by atoms with van der Waals surface area (Å²) in [5.74, 6) is 0.404. The van der Waals surface area contributed by atoms with Gasteiger partial charge in [-0.05, 0) is 18.1 Å². The van der Waals surface area contributed by atoms with Gasteiger partial charge in [-0.2, -0.15) is 0 Å². The van der Waals surface area contributed by atoms with Crippen LogP contribution in [0.1, 0.15) is 18.7 Å². The molecule has 0 aromatic carbocycles. The SMILES string of the molecule is CC(C)C(Br)C(=O)N(C)Cc1ccc(Cl)s1. The molecule has 0 aliphatic carbocycles. The topological polar surface area (TPSA) is 20.3 Å². The number of halogens is 2. The van der Waals surface area contributed by atoms with Crippen LogP contribution < -0.4 is 0 Å². The highest BCUT2D eigenvalue weighted by atomic mass is 79.9. The van der Waals surface area contributed by atoms with E-state index >= 15 is 0 Å². The van der Waals surface area contributed by atoms with Crippen LogP contribution in [-0.4, -0.2) is 22.7 Å². The van der Waals surface area contributed by atoms with Crippen LogP contribution in [0.25, 0.3) is 0 Å². The van der Waals surface area contributed by atoms with Gasteiger partial charge in [-0.15, -0.1) is 11.3 Å². The Labute approximate surface area is 114 Å². The standard InChI is InChI=1S/C11H15BrClNOS/c1-7(2)10(12)11(15)14(3)6-8-4-5-9(13)16-8/h4-5,7,10H,6H2,1-3H3. The Kier molecular flexibility index (Phi) is 5.28. The van der Waals surface area contributed by atoms with Gasteiger partial charge in [-0.3, -0.25) is 4.79 Å². The molecule has 0 N–H and O–H groups in total. The maximum Gasteiger partial charge on any atom is 0.236 e. The van der Waals surface area contributed by atoms with Crippen LogP contribution in [0.15, 0.2) is 12.1 Å². The highest BCUT2D eigenvalue weighted by Crippen LogP contribution is 2.23. The maximum atomic E-state index is 11.9. The summed E-state index contributed by atoms with van der Waals surface area (Å²) in [6, 6.07) is 3.81. The fourth-order valence-corrected chi connectivity index (χ4v) is 2.73. The highest BCUT2D eigenvalue weighted by molar-refractivity contribution is 9.10. The fourth-order valence-electron chi connectivity index (χ4n) is 1.24. The third-order valence-corrected chi connectivity index (χ3v) is 4.88. The summed E-state index contributed by atoms with van der Waals surface area (Å²) in [6.07, 6.45) is 0. The van der Waals surface area contributed by atoms with Gasteiger partial charge in [0.25, 0.3) is 0 Å². The molecule has 0 saturated heterocycles. The van der Waals surface area contributed by atoms with Gasteiger partial charge in [0.2, 0.25) is 5.91 Å². The zero-order chi connectivity index (χ0) is 12.3. The summed E-state index contributed by atoms with van der Waals surface area (Å²) in [4.78, 5) is 14.7. The van der Waals surface area contributed by atoms with Gasteiger partial charge >= 0.3 is 0 Å². The molecule has 0 fully saturated rings. The lowest BCUT2D eigenvalue weighted by molar-refractivity contribution is -0.130. The van der Waals surface area contributed by atoms with Crippen molar-refractivity contribution in [2.24, 2.45) is 5.92 Å². The van der Waals surface area contributed by atoms with E-state index in [-0.39, 0.29) is 10.7 Å². The first-order chi connectivity index (χ1) is 7.41. The van der Waals surface area contributed by atoms with Gasteiger partial charge in [0.1, 0.15) is 0 Å². The molecule has 1 atom stereocenters. The van der Waals surface area contributed by atoms with E-state index in [0.717, 1.165) is 9.21 Å². The quantitative estimate of drug-likeness (QED) is 0.772. The summed E-state index contributed by atoms with van der Waals surface area (Å²) in [7, 11) is 1.81. The molecule has 1 unspecified atom stereocenters. The second-order valence-corrected chi connectivity index (χ2v) is 6.83. The van der Waals surface area contributed by atoms with Gasteiger partial charge < -0.3 is 4.90 Å². The van der Waals surface area contributed by atoms with Crippen molar-refractivity contribution in [2.75, 3.05) is 7.05 Å². The normalized spacial score (nSPS) is 12.9. The van der Waals surface area contributed by atoms with Crippen LogP contribution in [0.3, 0.4) is 0 Å². The Balaban J connectivity index is 2.58. The largest absolute Gasteiger partial charge is 0.340 e. The van der Waals surface area contributed by atoms with Crippen molar-refractivity contribution in [2.45, 2.75) is 25.2 Å². The van der Waals surface area contributed by atoms with Gasteiger partial charge in [0.05, 0.1) is 15.7 Å². The number of amides is 1. The van der Waals surface area contributed by atoms with E-state index in [1.807, 2.05) is 33.0 Å². The van der Waals surface area contributed by atoms with E-state index in [0.29, 0.717) is 12.5 Å². The van der Waals surface area contributed by atoms with Gasteiger partial charge in [-0.25, -0.2) is 0 Å². The average molecular weight is 325 g/mol. The van der Waals surface area contributed by atoms with E-state index in [9.17, 15) is 4.79 Å². The number of alkyl halides is 1. The Morgan fingerprint density at radius 3 is 2.62 bits per heavy atom. The number of carbonyl (C=O) groups excluding carboxylic acids is 1. The van der Waals surface area contributed by atoms with Crippen molar-refractivity contribution in [3.8, 4) is 0 Å². The Hall–Kier alpha value is -0.0600. The van der Waals surface area contributed by atoms with E-state index in [2.05, 4.69) is 15.9 Å². The van der Waals surface area contributed by atoms with Gasteiger partial charge in [0.15, 0.2) is 0 Å². The molecule has 0 radical (unpaired) electrons. The van der Waals surface area contributed by atoms with Crippen LogP contribution in [-0.2, 0) is 11.3 Å². The molecule has 5 heteroatoms. The van der Waals surface area contributed by atoms with Crippen LogP contribution in [0.2, 0.25) is 4.34 Å². The minimum Gasteiger partial charge on any atom is -0.340 e. The molecule has 1 rings (SSSR count). The molecule has 90 valence electrons. The van der Waals surface area contributed by atoms with Crippen molar-refractivity contribution in [1.29, 1.82) is 0 Å². The summed E-state index contributed by atoms with van der Waals surface area (Å²) in [5, 5.41) is 0. The maximum absolute atomic E-state index is 11.9. The third-order valence-electron chi connectivity index (χ3n) is 2.22. The van der Waals surface area contributed by atoms with E-state index in [4.69, 9.17) is 11.6 Å². The molecule has 0 spiro atoms. The zero-order valence-corrected chi connectivity index (χ0v) is 12.7. The highest BCUT2D eigenvalue weighted by Gasteiger charge is 2.22. The third kappa shape index (κ3) is 3.75. The lowest BCUT2D eigenvalue weighted by atomic mass is 10.1. The van der Waals surface area contributed by atoms with Gasteiger partial charge in [-0.1, -0.05) is 41.4 Å².